The smallest absolute Gasteiger partial charge is 0.307 e. The molecule has 156 valence electrons. The lowest BCUT2D eigenvalue weighted by molar-refractivity contribution is -0.143. The molecule has 0 atom stereocenters. The third-order valence-electron chi connectivity index (χ3n) is 4.44. The van der Waals surface area contributed by atoms with Gasteiger partial charge in [0.2, 0.25) is 0 Å². The number of pyridine rings is 1. The lowest BCUT2D eigenvalue weighted by Crippen LogP contribution is -2.32. The SMILES string of the molecule is CCOC(=O)CCN(Cc1cccnc1)C(=O)c1cnn(Cc2ccccc2Cl)c1. The second-order valence-electron chi connectivity index (χ2n) is 6.66. The largest absolute Gasteiger partial charge is 0.466 e. The maximum Gasteiger partial charge on any atom is 0.307 e. The van der Waals surface area contributed by atoms with Gasteiger partial charge >= 0.3 is 5.97 Å². The molecular weight excluding hydrogens is 404 g/mol. The van der Waals surface area contributed by atoms with Crippen molar-refractivity contribution in [1.29, 1.82) is 0 Å². The third-order valence-corrected chi connectivity index (χ3v) is 4.81. The highest BCUT2D eigenvalue weighted by Gasteiger charge is 2.19. The highest BCUT2D eigenvalue weighted by molar-refractivity contribution is 6.31. The molecule has 0 unspecified atom stereocenters. The van der Waals surface area contributed by atoms with E-state index in [1.165, 1.54) is 6.20 Å². The summed E-state index contributed by atoms with van der Waals surface area (Å²) in [5.41, 5.74) is 2.23. The molecule has 3 aromatic rings. The first-order valence-corrected chi connectivity index (χ1v) is 10.0. The summed E-state index contributed by atoms with van der Waals surface area (Å²) < 4.78 is 6.66. The first-order chi connectivity index (χ1) is 14.6. The minimum absolute atomic E-state index is 0.119. The van der Waals surface area contributed by atoms with Crippen LogP contribution >= 0.6 is 11.6 Å². The Hall–Kier alpha value is -3.19. The number of amides is 1. The molecule has 2 heterocycles. The number of benzene rings is 1. The van der Waals surface area contributed by atoms with Gasteiger partial charge in [-0.3, -0.25) is 19.3 Å². The predicted molar refractivity (Wildman–Crippen MR) is 113 cm³/mol. The van der Waals surface area contributed by atoms with Crippen LogP contribution in [0.15, 0.2) is 61.2 Å². The van der Waals surface area contributed by atoms with E-state index in [-0.39, 0.29) is 24.8 Å². The molecule has 0 saturated carbocycles. The summed E-state index contributed by atoms with van der Waals surface area (Å²) in [5, 5.41) is 4.94. The number of hydrogen-bond donors (Lipinski definition) is 0. The highest BCUT2D eigenvalue weighted by Crippen LogP contribution is 2.17. The van der Waals surface area contributed by atoms with Crippen LogP contribution in [0.1, 0.15) is 34.8 Å². The molecule has 2 aromatic heterocycles. The first kappa shape index (κ1) is 21.5. The van der Waals surface area contributed by atoms with Gasteiger partial charge in [0.05, 0.1) is 31.3 Å². The number of nitrogens with zero attached hydrogens (tertiary/aromatic N) is 4. The Bertz CT molecular complexity index is 991. The van der Waals surface area contributed by atoms with E-state index in [0.717, 1.165) is 11.1 Å². The monoisotopic (exact) mass is 426 g/mol. The average Bonchev–Trinajstić information content (AvgIpc) is 3.22. The highest BCUT2D eigenvalue weighted by atomic mass is 35.5. The van der Waals surface area contributed by atoms with Crippen molar-refractivity contribution >= 4 is 23.5 Å². The molecule has 30 heavy (non-hydrogen) atoms. The Morgan fingerprint density at radius 1 is 1.17 bits per heavy atom. The first-order valence-electron chi connectivity index (χ1n) is 9.66. The maximum atomic E-state index is 13.1. The van der Waals surface area contributed by atoms with E-state index in [9.17, 15) is 9.59 Å². The zero-order chi connectivity index (χ0) is 21.3. The second-order valence-corrected chi connectivity index (χ2v) is 7.07. The number of hydrogen-bond acceptors (Lipinski definition) is 5. The van der Waals surface area contributed by atoms with Crippen molar-refractivity contribution in [2.24, 2.45) is 0 Å². The molecule has 7 nitrogen and oxygen atoms in total. The lowest BCUT2D eigenvalue weighted by Gasteiger charge is -2.21. The van der Waals surface area contributed by atoms with Crippen molar-refractivity contribution < 1.29 is 14.3 Å². The second kappa shape index (κ2) is 10.5. The summed E-state index contributed by atoms with van der Waals surface area (Å²) in [5.74, 6) is -0.551. The molecule has 8 heteroatoms. The molecule has 1 aromatic carbocycles. The van der Waals surface area contributed by atoms with Crippen LogP contribution in [0.3, 0.4) is 0 Å². The van der Waals surface area contributed by atoms with Gasteiger partial charge in [-0.05, 0) is 30.2 Å². The van der Waals surface area contributed by atoms with Crippen molar-refractivity contribution in [1.82, 2.24) is 19.7 Å². The predicted octanol–water partition coefficient (Wildman–Crippen LogP) is 3.58. The van der Waals surface area contributed by atoms with Crippen LogP contribution in [-0.4, -0.2) is 44.7 Å². The van der Waals surface area contributed by atoms with Gasteiger partial charge < -0.3 is 9.64 Å². The van der Waals surface area contributed by atoms with Crippen LogP contribution in [0.2, 0.25) is 5.02 Å². The molecule has 3 rings (SSSR count). The normalized spacial score (nSPS) is 10.6. The molecule has 0 radical (unpaired) electrons. The van der Waals surface area contributed by atoms with Gasteiger partial charge in [0.25, 0.3) is 5.91 Å². The number of esters is 1. The molecule has 0 spiro atoms. The standard InChI is InChI=1S/C22H23ClN4O3/c1-2-30-21(28)9-11-26(14-17-6-5-10-24-12-17)22(29)19-13-25-27(16-19)15-18-7-3-4-8-20(18)23/h3-8,10,12-13,16H,2,9,11,14-15H2,1H3. The van der Waals surface area contributed by atoms with Crippen LogP contribution in [0.25, 0.3) is 0 Å². The lowest BCUT2D eigenvalue weighted by atomic mass is 10.2. The molecule has 0 aliphatic rings. The van der Waals surface area contributed by atoms with E-state index in [0.29, 0.717) is 30.3 Å². The van der Waals surface area contributed by atoms with Crippen molar-refractivity contribution in [2.75, 3.05) is 13.2 Å². The van der Waals surface area contributed by atoms with Crippen LogP contribution in [-0.2, 0) is 22.6 Å². The van der Waals surface area contributed by atoms with Gasteiger partial charge in [-0.2, -0.15) is 5.10 Å². The van der Waals surface area contributed by atoms with Gasteiger partial charge in [-0.1, -0.05) is 35.9 Å². The topological polar surface area (TPSA) is 77.3 Å². The van der Waals surface area contributed by atoms with E-state index in [1.807, 2.05) is 36.4 Å². The summed E-state index contributed by atoms with van der Waals surface area (Å²) in [6.07, 6.45) is 6.71. The summed E-state index contributed by atoms with van der Waals surface area (Å²) >= 11 is 6.21. The molecule has 0 aliphatic carbocycles. The van der Waals surface area contributed by atoms with Crippen molar-refractivity contribution in [3.63, 3.8) is 0 Å². The Kier molecular flexibility index (Phi) is 7.57. The zero-order valence-electron chi connectivity index (χ0n) is 16.7. The quantitative estimate of drug-likeness (QED) is 0.489. The number of carbonyl (C=O) groups excluding carboxylic acids is 2. The fraction of sp³-hybridized carbons (Fsp3) is 0.273. The van der Waals surface area contributed by atoms with E-state index in [2.05, 4.69) is 10.1 Å². The number of rotatable bonds is 9. The molecule has 0 N–H and O–H groups in total. The van der Waals surface area contributed by atoms with Gasteiger partial charge in [-0.15, -0.1) is 0 Å². The van der Waals surface area contributed by atoms with Gasteiger partial charge in [0.15, 0.2) is 0 Å². The van der Waals surface area contributed by atoms with Crippen molar-refractivity contribution in [2.45, 2.75) is 26.4 Å². The minimum Gasteiger partial charge on any atom is -0.466 e. The summed E-state index contributed by atoms with van der Waals surface area (Å²) in [6.45, 7) is 3.09. The van der Waals surface area contributed by atoms with Gasteiger partial charge in [-0.25, -0.2) is 0 Å². The molecule has 0 saturated heterocycles. The summed E-state index contributed by atoms with van der Waals surface area (Å²) in [7, 11) is 0. The number of halogens is 1. The van der Waals surface area contributed by atoms with Crippen LogP contribution in [0.4, 0.5) is 0 Å². The molecule has 0 aliphatic heterocycles. The maximum absolute atomic E-state index is 13.1. The number of ether oxygens (including phenoxy) is 1. The van der Waals surface area contributed by atoms with E-state index in [4.69, 9.17) is 16.3 Å². The fourth-order valence-electron chi connectivity index (χ4n) is 2.97. The molecule has 1 amide bonds. The molecular formula is C22H23ClN4O3. The van der Waals surface area contributed by atoms with Gasteiger partial charge in [0.1, 0.15) is 0 Å². The Morgan fingerprint density at radius 3 is 2.73 bits per heavy atom. The van der Waals surface area contributed by atoms with Crippen molar-refractivity contribution in [3.8, 4) is 0 Å². The number of carbonyl (C=O) groups is 2. The Morgan fingerprint density at radius 2 is 2.00 bits per heavy atom. The van der Waals surface area contributed by atoms with E-state index < -0.39 is 0 Å². The zero-order valence-corrected chi connectivity index (χ0v) is 17.5. The van der Waals surface area contributed by atoms with E-state index in [1.54, 1.807) is 35.1 Å². The summed E-state index contributed by atoms with van der Waals surface area (Å²) in [6, 6.07) is 11.2. The van der Waals surface area contributed by atoms with Crippen LogP contribution in [0.5, 0.6) is 0 Å². The average molecular weight is 427 g/mol. The molecule has 0 fully saturated rings. The van der Waals surface area contributed by atoms with Crippen LogP contribution in [0, 0.1) is 0 Å². The summed E-state index contributed by atoms with van der Waals surface area (Å²) in [4.78, 5) is 30.6. The van der Waals surface area contributed by atoms with Crippen LogP contribution < -0.4 is 0 Å². The minimum atomic E-state index is -0.337. The third kappa shape index (κ3) is 5.90. The van der Waals surface area contributed by atoms with E-state index >= 15 is 0 Å². The van der Waals surface area contributed by atoms with Gasteiger partial charge in [0, 0.05) is 36.7 Å². The number of aromatic nitrogens is 3. The molecule has 0 bridgehead atoms. The Balaban J connectivity index is 1.73. The fourth-order valence-corrected chi connectivity index (χ4v) is 3.16. The van der Waals surface area contributed by atoms with Crippen molar-refractivity contribution in [3.05, 3.63) is 82.9 Å². The Labute approximate surface area is 180 Å².